The number of hydrogen-bond donors (Lipinski definition) is 0. The number of halogens is 5. The van der Waals surface area contributed by atoms with Gasteiger partial charge in [0.1, 0.15) is 90.7 Å². The average Bonchev–Trinajstić information content (AvgIpc) is 0.873. The molecule has 0 spiro atoms. The first-order valence-corrected chi connectivity index (χ1v) is 49.1. The minimum atomic E-state index is 0.0472. The zero-order valence-corrected chi connectivity index (χ0v) is 83.9. The predicted molar refractivity (Wildman–Crippen MR) is 534 cm³/mol. The number of ether oxygens (including phenoxy) is 6. The molecule has 726 valence electrons. The van der Waals surface area contributed by atoms with Crippen LogP contribution in [0.4, 0.5) is 0 Å². The van der Waals surface area contributed by atoms with Crippen LogP contribution >= 0.6 is 58.0 Å². The van der Waals surface area contributed by atoms with E-state index in [0.29, 0.717) is 117 Å². The van der Waals surface area contributed by atoms with E-state index in [9.17, 15) is 24.0 Å². The van der Waals surface area contributed by atoms with Crippen molar-refractivity contribution in [3.05, 3.63) is 263 Å². The Kier molecular flexibility index (Phi) is 43.5. The summed E-state index contributed by atoms with van der Waals surface area (Å²) in [4.78, 5) is 117. The van der Waals surface area contributed by atoms with E-state index in [0.717, 1.165) is 164 Å². The van der Waals surface area contributed by atoms with Gasteiger partial charge in [-0.1, -0.05) is 90.1 Å². The van der Waals surface area contributed by atoms with Crippen molar-refractivity contribution in [2.45, 2.75) is 213 Å². The molecule has 0 saturated carbocycles. The molecule has 0 aliphatic carbocycles. The number of carbonyl (C=O) groups excluding carboxylic acids is 5. The number of ketones is 5. The Morgan fingerprint density at radius 1 is 0.294 bits per heavy atom. The summed E-state index contributed by atoms with van der Waals surface area (Å²) in [6, 6.07) is 28.9. The van der Waals surface area contributed by atoms with Crippen molar-refractivity contribution in [2.75, 3.05) is 114 Å². The Bertz CT molecular complexity index is 5140. The standard InChI is InChI=1S/C21H27ClN4O2.3C21H26ClN3O2.C21H25ClN2O3/c1-15-11-24-18(12-23-15)10-20(27)9-16-8-17(22)4-5-21(16)28-14-19-13-25(2)6-7-26(19)3;3*1-15-12-24-18(13-23-15)11-20(26)10-16-9-17(22)6-7-21(16)27-14-19-5-3-4-8-25(19)2;1-15-12-24-18(13-23-15)11-19(25)10-16-9-17(22)6-7-21(16)27-14-20-5-3-2-4-8-26-20/h4-5,8,11-12,19H,6-7,9-10,13-14H2,1-3H3;3*6-7,9,12-13,19H,3-5,8,10-11,14H2,1-2H3;6-7,9,12-13,20H,2-5,8,10-11,14H2,1H3/t;2*19-;;/m.10../s1. The highest BCUT2D eigenvalue weighted by molar-refractivity contribution is 6.32. The SMILES string of the molecule is Cc1cnc(CC(=O)Cc2cc(Cl)ccc2OCC2CCCCCO2)cn1.Cc1cnc(CC(=O)Cc2cc(Cl)ccc2OCC2CCCCN2C)cn1.Cc1cnc(CC(=O)Cc2cc(Cl)ccc2OCC2CN(C)CCN2C)cn1.Cc1cnc(CC(=O)Cc2cc(Cl)ccc2OC[C@@H]2CCCCN2C)cn1.Cc1cnc(CC(=O)Cc2cc(Cl)ccc2OC[C@H]2CCCCN2C)cn1. The molecular formula is C105H130Cl5N15O11. The number of aromatic nitrogens is 10. The van der Waals surface area contributed by atoms with Crippen LogP contribution in [0.3, 0.4) is 0 Å². The van der Waals surface area contributed by atoms with Crippen molar-refractivity contribution in [3.8, 4) is 28.7 Å². The van der Waals surface area contributed by atoms with Gasteiger partial charge in [-0.05, 0) is 232 Å². The number of likely N-dealkylation sites (N-methyl/N-ethyl adjacent to an activating group) is 5. The van der Waals surface area contributed by atoms with Crippen LogP contribution in [-0.2, 0) is 92.9 Å². The van der Waals surface area contributed by atoms with Gasteiger partial charge in [-0.3, -0.25) is 78.7 Å². The topological polar surface area (TPSA) is 286 Å². The largest absolute Gasteiger partial charge is 0.492 e. The predicted octanol–water partition coefficient (Wildman–Crippen LogP) is 17.5. The van der Waals surface area contributed by atoms with Gasteiger partial charge in [0.15, 0.2) is 0 Å². The molecule has 10 heterocycles. The number of piperidine rings is 3. The van der Waals surface area contributed by atoms with Crippen molar-refractivity contribution < 1.29 is 52.4 Å². The lowest BCUT2D eigenvalue weighted by molar-refractivity contribution is -0.118. The Morgan fingerprint density at radius 2 is 0.551 bits per heavy atom. The lowest BCUT2D eigenvalue weighted by Crippen LogP contribution is -2.52. The maximum atomic E-state index is 12.5. The first-order valence-electron chi connectivity index (χ1n) is 47.2. The van der Waals surface area contributed by atoms with Crippen molar-refractivity contribution in [1.29, 1.82) is 0 Å². The van der Waals surface area contributed by atoms with Crippen LogP contribution in [-0.4, -0.2) is 248 Å². The third-order valence-electron chi connectivity index (χ3n) is 24.5. The molecule has 26 nitrogen and oxygen atoms in total. The molecule has 5 aromatic carbocycles. The summed E-state index contributed by atoms with van der Waals surface area (Å²) in [6.07, 6.45) is 34.7. The monoisotopic (exact) mass is 1950 g/mol. The molecule has 10 aromatic rings. The fraction of sp³-hybridized carbons (Fsp3) is 0.476. The maximum Gasteiger partial charge on any atom is 0.143 e. The van der Waals surface area contributed by atoms with Crippen LogP contribution in [0.15, 0.2) is 153 Å². The van der Waals surface area contributed by atoms with Gasteiger partial charge in [0.2, 0.25) is 0 Å². The van der Waals surface area contributed by atoms with Crippen LogP contribution < -0.4 is 23.7 Å². The number of aryl methyl sites for hydroxylation is 5. The molecule has 5 fully saturated rings. The zero-order chi connectivity index (χ0) is 96.8. The Balaban J connectivity index is 0.000000163. The second-order valence-corrected chi connectivity index (χ2v) is 38.3. The normalized spacial score (nSPS) is 17.7. The number of piperazine rings is 1. The van der Waals surface area contributed by atoms with Gasteiger partial charge in [-0.25, -0.2) is 0 Å². The number of nitrogens with zero attached hydrogens (tertiary/aromatic N) is 15. The number of Topliss-reactive ketones (excluding diaryl/α,β-unsaturated/α-hetero) is 5. The van der Waals surface area contributed by atoms with Crippen LogP contribution in [0, 0.1) is 34.6 Å². The van der Waals surface area contributed by atoms with Gasteiger partial charge in [-0.15, -0.1) is 0 Å². The van der Waals surface area contributed by atoms with E-state index in [-0.39, 0.29) is 99.2 Å². The first-order chi connectivity index (χ1) is 65.5. The van der Waals surface area contributed by atoms with E-state index in [1.54, 1.807) is 98.4 Å². The van der Waals surface area contributed by atoms with Gasteiger partial charge >= 0.3 is 0 Å². The molecule has 31 heteroatoms. The van der Waals surface area contributed by atoms with Crippen LogP contribution in [0.2, 0.25) is 25.1 Å². The average molecular weight is 1960 g/mol. The molecule has 5 aliphatic rings. The highest BCUT2D eigenvalue weighted by atomic mass is 35.5. The van der Waals surface area contributed by atoms with E-state index in [4.69, 9.17) is 86.4 Å². The molecule has 5 saturated heterocycles. The minimum absolute atomic E-state index is 0.0472. The summed E-state index contributed by atoms with van der Waals surface area (Å²) < 4.78 is 36.2. The van der Waals surface area contributed by atoms with Crippen LogP contribution in [0.1, 0.15) is 168 Å². The minimum Gasteiger partial charge on any atom is -0.492 e. The first kappa shape index (κ1) is 107. The Hall–Kier alpha value is -9.94. The summed E-state index contributed by atoms with van der Waals surface area (Å²) >= 11 is 30.8. The fourth-order valence-electron chi connectivity index (χ4n) is 16.5. The summed E-state index contributed by atoms with van der Waals surface area (Å²) in [6.45, 7) is 19.5. The molecule has 5 atom stereocenters. The van der Waals surface area contributed by atoms with E-state index in [1.807, 2.05) is 89.2 Å². The van der Waals surface area contributed by atoms with Crippen molar-refractivity contribution >= 4 is 86.9 Å². The molecule has 15 rings (SSSR count). The second-order valence-electron chi connectivity index (χ2n) is 36.2. The third-order valence-corrected chi connectivity index (χ3v) is 25.7. The lowest BCUT2D eigenvalue weighted by Gasteiger charge is -2.37. The van der Waals surface area contributed by atoms with Gasteiger partial charge in [0, 0.05) is 191 Å². The number of likely N-dealkylation sites (tertiary alicyclic amines) is 3. The quantitative estimate of drug-likeness (QED) is 0.0356. The highest BCUT2D eigenvalue weighted by Gasteiger charge is 2.28. The summed E-state index contributed by atoms with van der Waals surface area (Å²) in [5.74, 6) is 3.92. The maximum absolute atomic E-state index is 12.5. The molecule has 5 aliphatic heterocycles. The molecule has 5 aromatic heterocycles. The van der Waals surface area contributed by atoms with Gasteiger partial charge < -0.3 is 48.0 Å². The fourth-order valence-corrected chi connectivity index (χ4v) is 17.4. The van der Waals surface area contributed by atoms with Crippen molar-refractivity contribution in [3.63, 3.8) is 0 Å². The van der Waals surface area contributed by atoms with Gasteiger partial charge in [-0.2, -0.15) is 0 Å². The molecule has 3 unspecified atom stereocenters. The summed E-state index contributed by atoms with van der Waals surface area (Å²) in [5.41, 5.74) is 11.6. The number of benzene rings is 5. The smallest absolute Gasteiger partial charge is 0.143 e. The van der Waals surface area contributed by atoms with Crippen LogP contribution in [0.5, 0.6) is 28.7 Å². The number of hydrogen-bond acceptors (Lipinski definition) is 26. The molecule has 0 radical (unpaired) electrons. The van der Waals surface area contributed by atoms with Gasteiger partial charge in [0.05, 0.1) is 101 Å². The van der Waals surface area contributed by atoms with Gasteiger partial charge in [0.25, 0.3) is 0 Å². The van der Waals surface area contributed by atoms with E-state index in [1.165, 1.54) is 44.9 Å². The van der Waals surface area contributed by atoms with E-state index >= 15 is 0 Å². The number of carbonyl (C=O) groups is 5. The highest BCUT2D eigenvalue weighted by Crippen LogP contribution is 2.33. The lowest BCUT2D eigenvalue weighted by atomic mass is 10.0. The number of rotatable bonds is 35. The van der Waals surface area contributed by atoms with Crippen molar-refractivity contribution in [2.24, 2.45) is 0 Å². The van der Waals surface area contributed by atoms with E-state index in [2.05, 4.69) is 110 Å². The summed E-state index contributed by atoms with van der Waals surface area (Å²) in [5, 5.41) is 3.01. The molecular weight excluding hydrogens is 1820 g/mol. The zero-order valence-electron chi connectivity index (χ0n) is 80.2. The third kappa shape index (κ3) is 37.1. The second kappa shape index (κ2) is 55.6. The molecule has 0 N–H and O–H groups in total. The Labute approximate surface area is 826 Å². The summed E-state index contributed by atoms with van der Waals surface area (Å²) in [7, 11) is 10.7. The van der Waals surface area contributed by atoms with Crippen LogP contribution in [0.25, 0.3) is 0 Å². The van der Waals surface area contributed by atoms with Crippen molar-refractivity contribution in [1.82, 2.24) is 74.3 Å². The molecule has 0 amide bonds. The Morgan fingerprint density at radius 3 is 0.816 bits per heavy atom. The molecule has 0 bridgehead atoms. The molecule has 136 heavy (non-hydrogen) atoms. The van der Waals surface area contributed by atoms with E-state index < -0.39 is 0 Å².